The van der Waals surface area contributed by atoms with Crippen LogP contribution in [0.1, 0.15) is 47.9 Å². The van der Waals surface area contributed by atoms with E-state index in [2.05, 4.69) is 5.32 Å². The van der Waals surface area contributed by atoms with Gasteiger partial charge in [-0.15, -0.1) is 0 Å². The molecule has 0 aliphatic heterocycles. The third-order valence-corrected chi connectivity index (χ3v) is 10.7. The smallest absolute Gasteiger partial charge is 0.264 e. The molecule has 1 saturated carbocycles. The van der Waals surface area contributed by atoms with E-state index in [0.29, 0.717) is 0 Å². The van der Waals surface area contributed by atoms with Gasteiger partial charge in [-0.05, 0) is 67.6 Å². The molecule has 0 heterocycles. The van der Waals surface area contributed by atoms with Crippen molar-refractivity contribution in [2.45, 2.75) is 69.5 Å². The highest BCUT2D eigenvalue weighted by molar-refractivity contribution is 7.92. The second kappa shape index (κ2) is 15.0. The molecule has 240 valence electrons. The predicted molar refractivity (Wildman–Crippen MR) is 183 cm³/mol. The minimum absolute atomic E-state index is 0.0380. The summed E-state index contributed by atoms with van der Waals surface area (Å²) in [5.41, 5.74) is 3.81. The number of halogens is 1. The van der Waals surface area contributed by atoms with Crippen molar-refractivity contribution in [1.82, 2.24) is 10.2 Å². The molecule has 1 aliphatic carbocycles. The number of carbonyl (C=O) groups excluding carboxylic acids is 2. The summed E-state index contributed by atoms with van der Waals surface area (Å²) in [5.74, 6) is -0.760. The summed E-state index contributed by atoms with van der Waals surface area (Å²) >= 11 is 6.57. The largest absolute Gasteiger partial charge is 0.352 e. The van der Waals surface area contributed by atoms with Crippen LogP contribution in [0.2, 0.25) is 5.02 Å². The maximum Gasteiger partial charge on any atom is 0.264 e. The van der Waals surface area contributed by atoms with Crippen LogP contribution in [-0.4, -0.2) is 43.8 Å². The first-order valence-electron chi connectivity index (χ1n) is 15.7. The number of aryl methyl sites for hydroxylation is 2. The van der Waals surface area contributed by atoms with Crippen molar-refractivity contribution < 1.29 is 18.0 Å². The van der Waals surface area contributed by atoms with Gasteiger partial charge in [0.05, 0.1) is 15.6 Å². The van der Waals surface area contributed by atoms with Crippen LogP contribution in [0.15, 0.2) is 108 Å². The van der Waals surface area contributed by atoms with Gasteiger partial charge in [-0.3, -0.25) is 13.9 Å². The van der Waals surface area contributed by atoms with E-state index in [0.717, 1.165) is 52.2 Å². The van der Waals surface area contributed by atoms with Crippen molar-refractivity contribution in [3.63, 3.8) is 0 Å². The summed E-state index contributed by atoms with van der Waals surface area (Å²) in [5, 5.41) is 3.40. The zero-order valence-electron chi connectivity index (χ0n) is 26.2. The van der Waals surface area contributed by atoms with E-state index in [9.17, 15) is 18.0 Å². The van der Waals surface area contributed by atoms with E-state index in [-0.39, 0.29) is 40.5 Å². The van der Waals surface area contributed by atoms with Gasteiger partial charge >= 0.3 is 0 Å². The first-order chi connectivity index (χ1) is 22.1. The Morgan fingerprint density at radius 1 is 0.848 bits per heavy atom. The summed E-state index contributed by atoms with van der Waals surface area (Å²) in [4.78, 5) is 30.4. The Bertz CT molecular complexity index is 1760. The van der Waals surface area contributed by atoms with Crippen LogP contribution in [0.25, 0.3) is 0 Å². The minimum atomic E-state index is -4.23. The normalized spacial score (nSPS) is 14.1. The molecule has 4 aromatic carbocycles. The Morgan fingerprint density at radius 3 is 2.15 bits per heavy atom. The minimum Gasteiger partial charge on any atom is -0.352 e. The van der Waals surface area contributed by atoms with Crippen molar-refractivity contribution in [1.29, 1.82) is 0 Å². The third kappa shape index (κ3) is 7.98. The molecule has 0 unspecified atom stereocenters. The number of amides is 2. The molecule has 0 aromatic heterocycles. The average Bonchev–Trinajstić information content (AvgIpc) is 3.56. The van der Waals surface area contributed by atoms with Gasteiger partial charge in [-0.2, -0.15) is 0 Å². The summed E-state index contributed by atoms with van der Waals surface area (Å²) in [7, 11) is -4.23. The van der Waals surface area contributed by atoms with Crippen LogP contribution in [0.5, 0.6) is 0 Å². The Labute approximate surface area is 277 Å². The molecular weight excluding hydrogens is 618 g/mol. The van der Waals surface area contributed by atoms with Gasteiger partial charge < -0.3 is 10.2 Å². The van der Waals surface area contributed by atoms with Gasteiger partial charge in [0.25, 0.3) is 10.0 Å². The topological polar surface area (TPSA) is 86.8 Å². The molecule has 9 heteroatoms. The van der Waals surface area contributed by atoms with E-state index in [4.69, 9.17) is 11.6 Å². The number of sulfonamides is 1. The van der Waals surface area contributed by atoms with Gasteiger partial charge in [0, 0.05) is 19.0 Å². The Hall–Kier alpha value is -4.14. The van der Waals surface area contributed by atoms with Crippen LogP contribution < -0.4 is 9.62 Å². The summed E-state index contributed by atoms with van der Waals surface area (Å²) < 4.78 is 29.5. The molecule has 1 fully saturated rings. The van der Waals surface area contributed by atoms with Gasteiger partial charge in [-0.25, -0.2) is 8.42 Å². The van der Waals surface area contributed by atoms with Crippen LogP contribution in [0.4, 0.5) is 5.69 Å². The Balaban J connectivity index is 1.58. The molecular formula is C37H40ClN3O4S. The molecule has 0 spiro atoms. The fourth-order valence-corrected chi connectivity index (χ4v) is 7.62. The quantitative estimate of drug-likeness (QED) is 0.181. The molecule has 1 aliphatic rings. The first-order valence-corrected chi connectivity index (χ1v) is 17.5. The third-order valence-electron chi connectivity index (χ3n) is 8.58. The highest BCUT2D eigenvalue weighted by atomic mass is 35.5. The van der Waals surface area contributed by atoms with Crippen molar-refractivity contribution in [3.05, 3.63) is 130 Å². The van der Waals surface area contributed by atoms with Crippen molar-refractivity contribution >= 4 is 39.1 Å². The Morgan fingerprint density at radius 2 is 1.48 bits per heavy atom. The van der Waals surface area contributed by atoms with Crippen molar-refractivity contribution in [2.75, 3.05) is 10.8 Å². The monoisotopic (exact) mass is 657 g/mol. The van der Waals surface area contributed by atoms with Gasteiger partial charge in [-0.1, -0.05) is 109 Å². The Kier molecular flexibility index (Phi) is 10.8. The van der Waals surface area contributed by atoms with E-state index >= 15 is 0 Å². The molecule has 7 nitrogen and oxygen atoms in total. The molecule has 2 amide bonds. The number of anilines is 1. The van der Waals surface area contributed by atoms with Crippen LogP contribution in [0.3, 0.4) is 0 Å². The second-order valence-corrected chi connectivity index (χ2v) is 14.2. The van der Waals surface area contributed by atoms with Crippen molar-refractivity contribution in [3.8, 4) is 0 Å². The lowest BCUT2D eigenvalue weighted by Crippen LogP contribution is -2.54. The summed E-state index contributed by atoms with van der Waals surface area (Å²) in [6.45, 7) is 3.41. The van der Waals surface area contributed by atoms with Crippen LogP contribution in [-0.2, 0) is 32.6 Å². The second-order valence-electron chi connectivity index (χ2n) is 11.9. The lowest BCUT2D eigenvalue weighted by Gasteiger charge is -2.34. The molecule has 0 saturated heterocycles. The molecule has 0 radical (unpaired) electrons. The lowest BCUT2D eigenvalue weighted by molar-refractivity contribution is -0.140. The molecule has 4 aromatic rings. The van der Waals surface area contributed by atoms with Crippen LogP contribution >= 0.6 is 11.6 Å². The number of hydrogen-bond acceptors (Lipinski definition) is 4. The van der Waals surface area contributed by atoms with E-state index in [1.165, 1.54) is 17.0 Å². The van der Waals surface area contributed by atoms with Crippen molar-refractivity contribution in [2.24, 2.45) is 0 Å². The summed E-state index contributed by atoms with van der Waals surface area (Å²) in [6.07, 6.45) is 4.15. The summed E-state index contributed by atoms with van der Waals surface area (Å²) in [6, 6.07) is 29.5. The first kappa shape index (κ1) is 33.2. The number of nitrogens with one attached hydrogen (secondary N) is 1. The number of para-hydroxylation sites is 1. The maximum absolute atomic E-state index is 14.7. The number of nitrogens with zero attached hydrogens (tertiary/aromatic N) is 2. The zero-order valence-corrected chi connectivity index (χ0v) is 27.8. The fourth-order valence-electron chi connectivity index (χ4n) is 5.90. The van der Waals surface area contributed by atoms with Gasteiger partial charge in [0.2, 0.25) is 11.8 Å². The lowest BCUT2D eigenvalue weighted by atomic mass is 10.0. The highest BCUT2D eigenvalue weighted by Gasteiger charge is 2.36. The molecule has 5 rings (SSSR count). The van der Waals surface area contributed by atoms with Crippen LogP contribution in [0, 0.1) is 13.8 Å². The standard InChI is InChI=1S/C37H40ClN3O4S/c1-27-20-22-32(23-21-27)46(44,45)41(34-19-11-10-18-33(34)38)26-36(42)40(25-30-15-7-6-12-28(30)2)35(24-29-13-4-3-5-14-29)37(43)39-31-16-8-9-17-31/h3-7,10-15,18-23,31,35H,8-9,16-17,24-26H2,1-2H3,(H,39,43)/t35-/m1/s1. The maximum atomic E-state index is 14.7. The predicted octanol–water partition coefficient (Wildman–Crippen LogP) is 6.85. The molecule has 1 N–H and O–H groups in total. The molecule has 0 bridgehead atoms. The SMILES string of the molecule is Cc1ccc(S(=O)(=O)N(CC(=O)N(Cc2ccccc2C)[C@H](Cc2ccccc2)C(=O)NC2CCCC2)c2ccccc2Cl)cc1. The van der Waals surface area contributed by atoms with E-state index in [1.807, 2.05) is 68.4 Å². The number of benzene rings is 4. The number of rotatable bonds is 12. The van der Waals surface area contributed by atoms with Gasteiger partial charge in [0.1, 0.15) is 12.6 Å². The van der Waals surface area contributed by atoms with E-state index in [1.54, 1.807) is 36.4 Å². The zero-order chi connectivity index (χ0) is 32.7. The highest BCUT2D eigenvalue weighted by Crippen LogP contribution is 2.31. The molecule has 46 heavy (non-hydrogen) atoms. The molecule has 1 atom stereocenters. The van der Waals surface area contributed by atoms with Gasteiger partial charge in [0.15, 0.2) is 0 Å². The average molecular weight is 658 g/mol. The number of carbonyl (C=O) groups is 2. The number of hydrogen-bond donors (Lipinski definition) is 1. The van der Waals surface area contributed by atoms with E-state index < -0.39 is 28.5 Å². The fraction of sp³-hybridized carbons (Fsp3) is 0.297.